The quantitative estimate of drug-likeness (QED) is 0.0594. The molecule has 0 saturated carbocycles. The van der Waals surface area contributed by atoms with Crippen molar-refractivity contribution in [2.24, 2.45) is 5.41 Å². The van der Waals surface area contributed by atoms with Crippen molar-refractivity contribution in [2.75, 3.05) is 6.61 Å². The van der Waals surface area contributed by atoms with E-state index in [1.54, 1.807) is 18.2 Å². The van der Waals surface area contributed by atoms with Crippen LogP contribution in [-0.4, -0.2) is 18.2 Å². The third kappa shape index (κ3) is 8.42. The molecule has 0 aliphatic carbocycles. The Morgan fingerprint density at radius 3 is 1.97 bits per heavy atom. The third-order valence-corrected chi connectivity index (χ3v) is 6.41. The zero-order chi connectivity index (χ0) is 28.8. The molecule has 208 valence electrons. The first kappa shape index (κ1) is 31.6. The fraction of sp³-hybridized carbons (Fsp3) is 0.433. The van der Waals surface area contributed by atoms with Gasteiger partial charge in [-0.15, -0.1) is 9.24 Å². The molecule has 0 amide bonds. The Hall–Kier alpha value is -2.66. The number of halogens is 4. The van der Waals surface area contributed by atoms with Crippen molar-refractivity contribution in [1.29, 1.82) is 0 Å². The zero-order valence-corrected chi connectivity index (χ0v) is 24.2. The zero-order valence-electron chi connectivity index (χ0n) is 23.1. The van der Waals surface area contributed by atoms with Gasteiger partial charge >= 0.3 is 5.97 Å². The lowest BCUT2D eigenvalue weighted by molar-refractivity contribution is 0.0721. The van der Waals surface area contributed by atoms with Gasteiger partial charge in [-0.1, -0.05) is 71.9 Å². The highest BCUT2D eigenvalue weighted by Crippen LogP contribution is 2.32. The van der Waals surface area contributed by atoms with Crippen LogP contribution in [0.5, 0.6) is 11.5 Å². The lowest BCUT2D eigenvalue weighted by atomic mass is 9.87. The average Bonchev–Trinajstić information content (AvgIpc) is 2.80. The number of rotatable bonds is 9. The van der Waals surface area contributed by atoms with Gasteiger partial charge in [0.2, 0.25) is 11.6 Å². The van der Waals surface area contributed by atoms with Crippen molar-refractivity contribution in [3.8, 4) is 11.5 Å². The maximum absolute atomic E-state index is 14.6. The molecule has 0 heterocycles. The first-order chi connectivity index (χ1) is 17.6. The van der Waals surface area contributed by atoms with Gasteiger partial charge in [-0.25, -0.2) is 13.6 Å². The molecule has 2 aromatic carbocycles. The van der Waals surface area contributed by atoms with E-state index in [1.165, 1.54) is 12.1 Å². The summed E-state index contributed by atoms with van der Waals surface area (Å²) >= 11 is 0. The predicted octanol–water partition coefficient (Wildman–Crippen LogP) is 8.71. The van der Waals surface area contributed by atoms with Crippen LogP contribution in [0.25, 0.3) is 0 Å². The maximum Gasteiger partial charge on any atom is 0.349 e. The molecule has 2 aromatic rings. The van der Waals surface area contributed by atoms with E-state index < -0.39 is 40.6 Å². The first-order valence-corrected chi connectivity index (χ1v) is 13.1. The number of benzene rings is 2. The van der Waals surface area contributed by atoms with E-state index in [0.29, 0.717) is 0 Å². The van der Waals surface area contributed by atoms with Crippen molar-refractivity contribution in [1.82, 2.24) is 0 Å². The molecular formula is C30H37F4O3P. The molecule has 8 heteroatoms. The molecule has 0 aliphatic heterocycles. The van der Waals surface area contributed by atoms with Crippen LogP contribution in [0.15, 0.2) is 48.1 Å². The Bertz CT molecular complexity index is 1160. The summed E-state index contributed by atoms with van der Waals surface area (Å²) in [5.74, 6) is -10.2. The molecule has 38 heavy (non-hydrogen) atoms. The van der Waals surface area contributed by atoms with Crippen molar-refractivity contribution in [3.05, 3.63) is 82.5 Å². The van der Waals surface area contributed by atoms with E-state index in [4.69, 9.17) is 9.47 Å². The molecule has 0 spiro atoms. The number of ether oxygens (including phenoxy) is 2. The molecule has 0 N–H and O–H groups in total. The van der Waals surface area contributed by atoms with Crippen molar-refractivity contribution < 1.29 is 31.8 Å². The van der Waals surface area contributed by atoms with Gasteiger partial charge < -0.3 is 9.47 Å². The highest BCUT2D eigenvalue weighted by atomic mass is 31.0. The highest BCUT2D eigenvalue weighted by molar-refractivity contribution is 7.18. The number of carbonyl (C=O) groups is 1. The molecule has 0 aliphatic rings. The van der Waals surface area contributed by atoms with Crippen LogP contribution in [-0.2, 0) is 5.41 Å². The van der Waals surface area contributed by atoms with Gasteiger partial charge in [0.25, 0.3) is 0 Å². The first-order valence-electron chi connectivity index (χ1n) is 12.5. The van der Waals surface area contributed by atoms with Gasteiger partial charge in [0.1, 0.15) is 11.3 Å². The largest absolute Gasteiger partial charge is 0.487 e. The van der Waals surface area contributed by atoms with E-state index in [0.717, 1.165) is 17.6 Å². The van der Waals surface area contributed by atoms with Crippen LogP contribution in [0, 0.1) is 28.7 Å². The summed E-state index contributed by atoms with van der Waals surface area (Å²) in [6, 6.07) is 6.25. The number of allylic oxidation sites excluding steroid dienone is 3. The number of hydrogen-bond acceptors (Lipinski definition) is 3. The Morgan fingerprint density at radius 1 is 0.947 bits per heavy atom. The van der Waals surface area contributed by atoms with Crippen molar-refractivity contribution in [3.63, 3.8) is 0 Å². The second-order valence-corrected chi connectivity index (χ2v) is 12.1. The third-order valence-electron chi connectivity index (χ3n) is 5.79. The van der Waals surface area contributed by atoms with Crippen molar-refractivity contribution >= 4 is 15.2 Å². The fourth-order valence-electron chi connectivity index (χ4n) is 3.76. The predicted molar refractivity (Wildman–Crippen MR) is 147 cm³/mol. The molecule has 2 atom stereocenters. The molecule has 0 radical (unpaired) electrons. The highest BCUT2D eigenvalue weighted by Gasteiger charge is 2.32. The smallest absolute Gasteiger partial charge is 0.349 e. The van der Waals surface area contributed by atoms with Crippen molar-refractivity contribution in [2.45, 2.75) is 72.4 Å². The lowest BCUT2D eigenvalue weighted by Gasteiger charge is -2.23. The van der Waals surface area contributed by atoms with Gasteiger partial charge in [-0.05, 0) is 59.5 Å². The molecular weight excluding hydrogens is 515 g/mol. The lowest BCUT2D eigenvalue weighted by Crippen LogP contribution is -2.17. The molecule has 2 rings (SSSR count). The summed E-state index contributed by atoms with van der Waals surface area (Å²) in [5, 5.41) is 0. The SMILES string of the molecule is C/C=C(\C=C/CCOc1c(F)c(F)c(C(=O)Oc2ccc(C(C)(C)C)cc2)c(F)c1F)C(P)CC(C)(C)C. The monoisotopic (exact) mass is 552 g/mol. The molecule has 3 nitrogen and oxygen atoms in total. The number of hydrogen-bond donors (Lipinski definition) is 0. The number of esters is 1. The Labute approximate surface area is 225 Å². The van der Waals surface area contributed by atoms with Gasteiger partial charge in [0.05, 0.1) is 6.61 Å². The van der Waals surface area contributed by atoms with Crippen LogP contribution >= 0.6 is 9.24 Å². The minimum Gasteiger partial charge on any atom is -0.487 e. The second-order valence-electron chi connectivity index (χ2n) is 11.3. The van der Waals surface area contributed by atoms with Gasteiger partial charge in [-0.3, -0.25) is 0 Å². The summed E-state index contributed by atoms with van der Waals surface area (Å²) < 4.78 is 68.5. The molecule has 0 saturated heterocycles. The summed E-state index contributed by atoms with van der Waals surface area (Å²) in [7, 11) is 2.80. The van der Waals surface area contributed by atoms with Crippen LogP contribution in [0.4, 0.5) is 17.6 Å². The van der Waals surface area contributed by atoms with Crippen LogP contribution in [0.1, 0.15) is 77.2 Å². The van der Waals surface area contributed by atoms with Crippen LogP contribution < -0.4 is 9.47 Å². The Kier molecular flexibility index (Phi) is 10.7. The maximum atomic E-state index is 14.6. The molecule has 2 unspecified atom stereocenters. The minimum atomic E-state index is -1.88. The van der Waals surface area contributed by atoms with E-state index in [2.05, 4.69) is 30.0 Å². The minimum absolute atomic E-state index is 0.0227. The summed E-state index contributed by atoms with van der Waals surface area (Å²) in [6.07, 6.45) is 6.79. The topological polar surface area (TPSA) is 35.5 Å². The molecule has 0 aromatic heterocycles. The standard InChI is InChI=1S/C30H37F4O3P/c1-8-18(21(38)17-29(2,3)4)11-9-10-16-36-27-25(33)23(31)22(24(32)26(27)34)28(35)37-20-14-12-19(13-15-20)30(5,6)7/h8-9,11-15,21H,10,16-17,38H2,1-7H3/b11-9-,18-8+. The van der Waals surface area contributed by atoms with Gasteiger partial charge in [0, 0.05) is 0 Å². The van der Waals surface area contributed by atoms with Gasteiger partial charge in [0.15, 0.2) is 17.4 Å². The number of carbonyl (C=O) groups excluding carboxylic acids is 1. The van der Waals surface area contributed by atoms with E-state index in [1.807, 2.05) is 39.8 Å². The Balaban J connectivity index is 2.11. The van der Waals surface area contributed by atoms with E-state index >= 15 is 0 Å². The average molecular weight is 553 g/mol. The van der Waals surface area contributed by atoms with Crippen LogP contribution in [0.2, 0.25) is 0 Å². The summed E-state index contributed by atoms with van der Waals surface area (Å²) in [4.78, 5) is 12.4. The van der Waals surface area contributed by atoms with Crippen LogP contribution in [0.3, 0.4) is 0 Å². The van der Waals surface area contributed by atoms with Gasteiger partial charge in [-0.2, -0.15) is 8.78 Å². The second kappa shape index (κ2) is 12.9. The molecule has 0 fully saturated rings. The van der Waals surface area contributed by atoms with E-state index in [-0.39, 0.29) is 35.3 Å². The summed E-state index contributed by atoms with van der Waals surface area (Å²) in [6.45, 7) is 14.1. The fourth-order valence-corrected chi connectivity index (χ4v) is 4.77. The Morgan fingerprint density at radius 2 is 1.50 bits per heavy atom. The summed E-state index contributed by atoms with van der Waals surface area (Å²) in [5.41, 5.74) is 0.723. The van der Waals surface area contributed by atoms with E-state index in [9.17, 15) is 22.4 Å². The normalized spacial score (nSPS) is 13.6. The molecule has 0 bridgehead atoms.